The molecule has 0 unspecified atom stereocenters. The van der Waals surface area contributed by atoms with Crippen molar-refractivity contribution < 1.29 is 13.9 Å². The quantitative estimate of drug-likeness (QED) is 0.639. The molecule has 5 heteroatoms. The van der Waals surface area contributed by atoms with Crippen molar-refractivity contribution in [3.05, 3.63) is 29.1 Å². The summed E-state index contributed by atoms with van der Waals surface area (Å²) in [6.07, 6.45) is 0. The number of ether oxygens (including phenoxy) is 1. The number of hydrogen-bond donors (Lipinski definition) is 1. The first-order chi connectivity index (χ1) is 7.91. The van der Waals surface area contributed by atoms with E-state index in [2.05, 4.69) is 0 Å². The molecule has 1 aromatic rings. The van der Waals surface area contributed by atoms with Gasteiger partial charge in [-0.25, -0.2) is 9.18 Å². The minimum atomic E-state index is -0.558. The van der Waals surface area contributed by atoms with Crippen molar-refractivity contribution >= 4 is 11.7 Å². The Kier molecular flexibility index (Phi) is 4.45. The van der Waals surface area contributed by atoms with E-state index in [0.717, 1.165) is 6.07 Å². The average molecular weight is 240 g/mol. The van der Waals surface area contributed by atoms with Gasteiger partial charge in [-0.05, 0) is 33.2 Å². The molecule has 0 saturated heterocycles. The molecule has 0 spiro atoms. The van der Waals surface area contributed by atoms with Gasteiger partial charge in [0.1, 0.15) is 12.4 Å². The largest absolute Gasteiger partial charge is 0.461 e. The zero-order valence-electron chi connectivity index (χ0n) is 10.3. The van der Waals surface area contributed by atoms with Crippen LogP contribution in [0.5, 0.6) is 0 Å². The second-order valence-corrected chi connectivity index (χ2v) is 4.11. The van der Waals surface area contributed by atoms with E-state index < -0.39 is 11.8 Å². The summed E-state index contributed by atoms with van der Waals surface area (Å²) in [7, 11) is 3.74. The number of carbonyl (C=O) groups is 1. The smallest absolute Gasteiger partial charge is 0.338 e. The molecule has 0 aromatic heterocycles. The van der Waals surface area contributed by atoms with E-state index in [9.17, 15) is 9.18 Å². The lowest BCUT2D eigenvalue weighted by Gasteiger charge is -2.10. The summed E-state index contributed by atoms with van der Waals surface area (Å²) >= 11 is 0. The number of carbonyl (C=O) groups excluding carboxylic acids is 1. The summed E-state index contributed by atoms with van der Waals surface area (Å²) in [6.45, 7) is 2.45. The minimum Gasteiger partial charge on any atom is -0.461 e. The predicted octanol–water partition coefficient (Wildman–Crippen LogP) is 1.43. The molecular weight excluding hydrogens is 223 g/mol. The molecule has 0 aliphatic carbocycles. The third-order valence-electron chi connectivity index (χ3n) is 2.39. The summed E-state index contributed by atoms with van der Waals surface area (Å²) in [5.41, 5.74) is 6.32. The number of benzene rings is 1. The lowest BCUT2D eigenvalue weighted by atomic mass is 10.1. The fraction of sp³-hybridized carbons (Fsp3) is 0.417. The van der Waals surface area contributed by atoms with Crippen LogP contribution in [-0.2, 0) is 4.74 Å². The standard InChI is InChI=1S/C12H17FN2O2/c1-8-10(13)6-9(7-11(8)14)12(16)17-5-4-15(2)3/h6-7H,4-5,14H2,1-3H3. The number of halogens is 1. The van der Waals surface area contributed by atoms with Crippen LogP contribution in [0.1, 0.15) is 15.9 Å². The summed E-state index contributed by atoms with van der Waals surface area (Å²) in [5.74, 6) is -1.05. The molecule has 17 heavy (non-hydrogen) atoms. The number of hydrogen-bond acceptors (Lipinski definition) is 4. The second kappa shape index (κ2) is 5.63. The Morgan fingerprint density at radius 1 is 1.47 bits per heavy atom. The van der Waals surface area contributed by atoms with Gasteiger partial charge in [0.15, 0.2) is 0 Å². The molecule has 0 fully saturated rings. The van der Waals surface area contributed by atoms with Crippen molar-refractivity contribution in [2.24, 2.45) is 0 Å². The van der Waals surface area contributed by atoms with E-state index in [1.54, 1.807) is 6.92 Å². The van der Waals surface area contributed by atoms with E-state index in [4.69, 9.17) is 10.5 Å². The van der Waals surface area contributed by atoms with Crippen LogP contribution >= 0.6 is 0 Å². The molecule has 0 radical (unpaired) electrons. The van der Waals surface area contributed by atoms with E-state index >= 15 is 0 Å². The molecule has 0 heterocycles. The number of likely N-dealkylation sites (N-methyl/N-ethyl adjacent to an activating group) is 1. The monoisotopic (exact) mass is 240 g/mol. The molecule has 0 atom stereocenters. The zero-order chi connectivity index (χ0) is 13.0. The van der Waals surface area contributed by atoms with E-state index in [0.29, 0.717) is 12.1 Å². The van der Waals surface area contributed by atoms with Gasteiger partial charge >= 0.3 is 5.97 Å². The second-order valence-electron chi connectivity index (χ2n) is 4.11. The number of nitrogens with two attached hydrogens (primary N) is 1. The van der Waals surface area contributed by atoms with Crippen LogP contribution in [0.3, 0.4) is 0 Å². The maximum absolute atomic E-state index is 13.4. The maximum atomic E-state index is 13.4. The van der Waals surface area contributed by atoms with Crippen LogP contribution in [0.2, 0.25) is 0 Å². The molecule has 0 bridgehead atoms. The lowest BCUT2D eigenvalue weighted by molar-refractivity contribution is 0.0481. The first-order valence-corrected chi connectivity index (χ1v) is 5.29. The van der Waals surface area contributed by atoms with Gasteiger partial charge in [0, 0.05) is 17.8 Å². The van der Waals surface area contributed by atoms with Crippen molar-refractivity contribution in [1.82, 2.24) is 4.90 Å². The number of rotatable bonds is 4. The van der Waals surface area contributed by atoms with Gasteiger partial charge in [-0.15, -0.1) is 0 Å². The fourth-order valence-electron chi connectivity index (χ4n) is 1.22. The highest BCUT2D eigenvalue weighted by Gasteiger charge is 2.12. The average Bonchev–Trinajstić information content (AvgIpc) is 2.24. The number of nitrogen functional groups attached to an aromatic ring is 1. The normalized spacial score (nSPS) is 10.6. The summed E-state index contributed by atoms with van der Waals surface area (Å²) < 4.78 is 18.3. The SMILES string of the molecule is Cc1c(N)cc(C(=O)OCCN(C)C)cc1F. The Morgan fingerprint density at radius 3 is 2.65 bits per heavy atom. The Morgan fingerprint density at radius 2 is 2.12 bits per heavy atom. The first-order valence-electron chi connectivity index (χ1n) is 5.29. The van der Waals surface area contributed by atoms with Gasteiger partial charge in [0.2, 0.25) is 0 Å². The molecule has 2 N–H and O–H groups in total. The maximum Gasteiger partial charge on any atom is 0.338 e. The van der Waals surface area contributed by atoms with E-state index in [1.807, 2.05) is 19.0 Å². The van der Waals surface area contributed by atoms with Crippen LogP contribution in [0.25, 0.3) is 0 Å². The van der Waals surface area contributed by atoms with Crippen molar-refractivity contribution in [2.75, 3.05) is 33.0 Å². The van der Waals surface area contributed by atoms with Gasteiger partial charge in [-0.1, -0.05) is 0 Å². The lowest BCUT2D eigenvalue weighted by Crippen LogP contribution is -2.20. The molecule has 0 aliphatic rings. The van der Waals surface area contributed by atoms with Gasteiger partial charge in [0.05, 0.1) is 5.56 Å². The molecule has 1 rings (SSSR count). The highest BCUT2D eigenvalue weighted by Crippen LogP contribution is 2.18. The Balaban J connectivity index is 2.70. The zero-order valence-corrected chi connectivity index (χ0v) is 10.3. The van der Waals surface area contributed by atoms with Gasteiger partial charge < -0.3 is 15.4 Å². The molecular formula is C12H17FN2O2. The predicted molar refractivity (Wildman–Crippen MR) is 64.4 cm³/mol. The molecule has 0 saturated carbocycles. The molecule has 0 amide bonds. The van der Waals surface area contributed by atoms with Crippen molar-refractivity contribution in [3.8, 4) is 0 Å². The summed E-state index contributed by atoms with van der Waals surface area (Å²) in [5, 5.41) is 0. The highest BCUT2D eigenvalue weighted by atomic mass is 19.1. The molecule has 4 nitrogen and oxygen atoms in total. The van der Waals surface area contributed by atoms with E-state index in [1.165, 1.54) is 6.07 Å². The van der Waals surface area contributed by atoms with Gasteiger partial charge in [0.25, 0.3) is 0 Å². The van der Waals surface area contributed by atoms with E-state index in [-0.39, 0.29) is 17.9 Å². The third kappa shape index (κ3) is 3.71. The van der Waals surface area contributed by atoms with Crippen LogP contribution in [-0.4, -0.2) is 38.1 Å². The molecule has 0 aliphatic heterocycles. The van der Waals surface area contributed by atoms with Crippen LogP contribution in [0.4, 0.5) is 10.1 Å². The highest BCUT2D eigenvalue weighted by molar-refractivity contribution is 5.90. The number of esters is 1. The fourth-order valence-corrected chi connectivity index (χ4v) is 1.22. The Bertz CT molecular complexity index is 396. The van der Waals surface area contributed by atoms with Crippen molar-refractivity contribution in [2.45, 2.75) is 6.92 Å². The van der Waals surface area contributed by atoms with Gasteiger partial charge in [-0.2, -0.15) is 0 Å². The van der Waals surface area contributed by atoms with Gasteiger partial charge in [-0.3, -0.25) is 0 Å². The van der Waals surface area contributed by atoms with Crippen molar-refractivity contribution in [3.63, 3.8) is 0 Å². The topological polar surface area (TPSA) is 55.6 Å². The number of anilines is 1. The van der Waals surface area contributed by atoms with Crippen LogP contribution in [0.15, 0.2) is 12.1 Å². The third-order valence-corrected chi connectivity index (χ3v) is 2.39. The Hall–Kier alpha value is -1.62. The first kappa shape index (κ1) is 13.4. The summed E-state index contributed by atoms with van der Waals surface area (Å²) in [4.78, 5) is 13.5. The van der Waals surface area contributed by atoms with Crippen molar-refractivity contribution in [1.29, 1.82) is 0 Å². The molecule has 94 valence electrons. The minimum absolute atomic E-state index is 0.143. The summed E-state index contributed by atoms with van der Waals surface area (Å²) in [6, 6.07) is 2.57. The molecule has 1 aromatic carbocycles. The van der Waals surface area contributed by atoms with Crippen LogP contribution < -0.4 is 5.73 Å². The number of nitrogens with zero attached hydrogens (tertiary/aromatic N) is 1. The Labute approximate surface area is 100 Å². The van der Waals surface area contributed by atoms with Crippen LogP contribution in [0, 0.1) is 12.7 Å².